The van der Waals surface area contributed by atoms with Crippen LogP contribution < -0.4 is 10.6 Å². The number of aldehydes is 1. The number of nitrogens with one attached hydrogen (secondary N) is 2. The molecule has 0 atom stereocenters. The quantitative estimate of drug-likeness (QED) is 0.175. The maximum Gasteiger partial charge on any atom is 0.256 e. The molecule has 40 heavy (non-hydrogen) atoms. The maximum absolute atomic E-state index is 12.0. The number of rotatable bonds is 2. The number of hydrogen-bond acceptors (Lipinski definition) is 3. The Balaban J connectivity index is 0.000000179. The van der Waals surface area contributed by atoms with Crippen LogP contribution in [0.4, 0.5) is 11.4 Å². The topological polar surface area (TPSA) is 75.3 Å². The molecule has 4 aromatic rings. The fraction of sp³-hybridized carbons (Fsp3) is 0.0645. The molecule has 5 nitrogen and oxygen atoms in total. The Labute approximate surface area is 252 Å². The van der Waals surface area contributed by atoms with Crippen LogP contribution in [0, 0.1) is 0 Å². The van der Waals surface area contributed by atoms with Crippen LogP contribution in [-0.2, 0) is 16.0 Å². The standard InChI is InChI=1S/C15H9Cl2NO.C8H6ClNO.C7H5ClO.CH4/c16-10-3-1-2-9(6-10)7-13-12-5-4-11(17)8-14(12)18-15(13)19;9-6-2-1-5-3-8(11)10-7(5)4-6;8-7-3-1-2-6(4-7)5-9;/h1-8H,(H,18,19);1-2,4H,3H2,(H,10,11);1-5H;1H4. The van der Waals surface area contributed by atoms with E-state index in [1.54, 1.807) is 54.6 Å². The van der Waals surface area contributed by atoms with Gasteiger partial charge < -0.3 is 10.6 Å². The summed E-state index contributed by atoms with van der Waals surface area (Å²) in [7, 11) is 0. The first-order valence-corrected chi connectivity index (χ1v) is 13.1. The SMILES string of the molecule is C.O=C1Cc2ccc(Cl)cc2N1.O=C1Nc2cc(Cl)ccc2C1=Cc1cccc(Cl)c1.O=Cc1cccc(Cl)c1. The fourth-order valence-electron chi connectivity index (χ4n) is 3.84. The summed E-state index contributed by atoms with van der Waals surface area (Å²) in [4.78, 5) is 32.9. The van der Waals surface area contributed by atoms with Crippen LogP contribution in [0.2, 0.25) is 20.1 Å². The molecule has 2 amide bonds. The van der Waals surface area contributed by atoms with E-state index in [-0.39, 0.29) is 19.2 Å². The van der Waals surface area contributed by atoms with Gasteiger partial charge in [0.25, 0.3) is 5.91 Å². The van der Waals surface area contributed by atoms with Gasteiger partial charge in [-0.05, 0) is 65.7 Å². The van der Waals surface area contributed by atoms with Gasteiger partial charge in [-0.15, -0.1) is 0 Å². The van der Waals surface area contributed by atoms with Crippen molar-refractivity contribution in [1.82, 2.24) is 0 Å². The molecule has 9 heteroatoms. The molecule has 0 unspecified atom stereocenters. The van der Waals surface area contributed by atoms with Gasteiger partial charge in [0, 0.05) is 42.5 Å². The summed E-state index contributed by atoms with van der Waals surface area (Å²) in [5.74, 6) is -0.0838. The summed E-state index contributed by atoms with van der Waals surface area (Å²) in [6, 6.07) is 24.9. The molecule has 0 aromatic heterocycles. The van der Waals surface area contributed by atoms with Crippen LogP contribution in [0.1, 0.15) is 34.5 Å². The molecular weight excluding hydrogens is 590 g/mol. The molecule has 6 rings (SSSR count). The van der Waals surface area contributed by atoms with Crippen molar-refractivity contribution in [1.29, 1.82) is 0 Å². The van der Waals surface area contributed by atoms with E-state index >= 15 is 0 Å². The van der Waals surface area contributed by atoms with Gasteiger partial charge in [0.1, 0.15) is 6.29 Å². The van der Waals surface area contributed by atoms with E-state index in [9.17, 15) is 14.4 Å². The van der Waals surface area contributed by atoms with Gasteiger partial charge in [-0.3, -0.25) is 14.4 Å². The van der Waals surface area contributed by atoms with E-state index in [1.807, 2.05) is 36.4 Å². The van der Waals surface area contributed by atoms with Gasteiger partial charge in [-0.25, -0.2) is 0 Å². The van der Waals surface area contributed by atoms with Gasteiger partial charge >= 0.3 is 0 Å². The van der Waals surface area contributed by atoms with E-state index in [2.05, 4.69) is 10.6 Å². The second kappa shape index (κ2) is 14.1. The van der Waals surface area contributed by atoms with E-state index in [0.29, 0.717) is 37.6 Å². The molecular formula is C31H24Cl4N2O3. The molecule has 0 saturated carbocycles. The third-order valence-corrected chi connectivity index (χ3v) is 6.55. The van der Waals surface area contributed by atoms with Crippen molar-refractivity contribution in [2.75, 3.05) is 10.6 Å². The zero-order valence-electron chi connectivity index (χ0n) is 20.2. The predicted octanol–water partition coefficient (Wildman–Crippen LogP) is 9.11. The van der Waals surface area contributed by atoms with Crippen molar-refractivity contribution in [2.45, 2.75) is 13.8 Å². The lowest BCUT2D eigenvalue weighted by molar-refractivity contribution is -0.115. The first kappa shape index (κ1) is 30.9. The lowest BCUT2D eigenvalue weighted by atomic mass is 10.0. The van der Waals surface area contributed by atoms with Crippen LogP contribution in [0.3, 0.4) is 0 Å². The molecule has 2 aliphatic heterocycles. The average molecular weight is 614 g/mol. The van der Waals surface area contributed by atoms with Gasteiger partial charge in [0.05, 0.1) is 12.1 Å². The number of amides is 2. The summed E-state index contributed by atoms with van der Waals surface area (Å²) < 4.78 is 0. The number of hydrogen-bond donors (Lipinski definition) is 2. The number of fused-ring (bicyclic) bond motifs is 2. The Morgan fingerprint density at radius 2 is 1.23 bits per heavy atom. The predicted molar refractivity (Wildman–Crippen MR) is 167 cm³/mol. The highest BCUT2D eigenvalue weighted by Crippen LogP contribution is 2.35. The summed E-state index contributed by atoms with van der Waals surface area (Å²) in [5, 5.41) is 8.01. The highest BCUT2D eigenvalue weighted by atomic mass is 35.5. The van der Waals surface area contributed by atoms with E-state index in [0.717, 1.165) is 34.4 Å². The minimum atomic E-state index is -0.128. The van der Waals surface area contributed by atoms with E-state index in [1.165, 1.54) is 0 Å². The van der Waals surface area contributed by atoms with Gasteiger partial charge in [0.15, 0.2) is 0 Å². The minimum absolute atomic E-state index is 0. The monoisotopic (exact) mass is 612 g/mol. The largest absolute Gasteiger partial charge is 0.325 e. The molecule has 0 saturated heterocycles. The lowest BCUT2D eigenvalue weighted by Gasteiger charge is -1.99. The zero-order chi connectivity index (χ0) is 27.9. The Bertz CT molecular complexity index is 1600. The van der Waals surface area contributed by atoms with Gasteiger partial charge in [-0.2, -0.15) is 0 Å². The zero-order valence-corrected chi connectivity index (χ0v) is 23.2. The first-order chi connectivity index (χ1) is 18.7. The van der Waals surface area contributed by atoms with Crippen molar-refractivity contribution in [3.05, 3.63) is 127 Å². The molecule has 2 aliphatic rings. The normalized spacial score (nSPS) is 13.3. The molecule has 0 fully saturated rings. The second-order valence-electron chi connectivity index (χ2n) is 8.46. The van der Waals surface area contributed by atoms with Crippen molar-refractivity contribution < 1.29 is 14.4 Å². The van der Waals surface area contributed by atoms with Crippen LogP contribution in [0.25, 0.3) is 11.6 Å². The minimum Gasteiger partial charge on any atom is -0.325 e. The summed E-state index contributed by atoms with van der Waals surface area (Å²) in [6.07, 6.45) is 3.07. The van der Waals surface area contributed by atoms with Crippen molar-refractivity contribution in [3.8, 4) is 0 Å². The summed E-state index contributed by atoms with van der Waals surface area (Å²) >= 11 is 23.1. The summed E-state index contributed by atoms with van der Waals surface area (Å²) in [5.41, 5.74) is 5.60. The van der Waals surface area contributed by atoms with Crippen molar-refractivity contribution in [3.63, 3.8) is 0 Å². The van der Waals surface area contributed by atoms with Crippen LogP contribution in [0.5, 0.6) is 0 Å². The van der Waals surface area contributed by atoms with Crippen LogP contribution in [0.15, 0.2) is 84.9 Å². The van der Waals surface area contributed by atoms with Gasteiger partial charge in [-0.1, -0.05) is 90.2 Å². The van der Waals surface area contributed by atoms with Gasteiger partial charge in [0.2, 0.25) is 5.91 Å². The number of carbonyl (C=O) groups excluding carboxylic acids is 3. The molecule has 0 bridgehead atoms. The third kappa shape index (κ3) is 8.20. The van der Waals surface area contributed by atoms with Crippen LogP contribution in [-0.4, -0.2) is 18.1 Å². The molecule has 2 heterocycles. The molecule has 204 valence electrons. The summed E-state index contributed by atoms with van der Waals surface area (Å²) in [6.45, 7) is 0. The number of halogens is 4. The number of benzene rings is 4. The van der Waals surface area contributed by atoms with Crippen molar-refractivity contribution in [2.24, 2.45) is 0 Å². The Morgan fingerprint density at radius 1 is 0.650 bits per heavy atom. The molecule has 4 aromatic carbocycles. The second-order valence-corrected chi connectivity index (χ2v) is 10.2. The highest BCUT2D eigenvalue weighted by molar-refractivity contribution is 6.37. The Hall–Kier alpha value is -3.61. The molecule has 0 spiro atoms. The fourth-order valence-corrected chi connectivity index (χ4v) is 4.58. The molecule has 0 aliphatic carbocycles. The number of carbonyl (C=O) groups is 3. The first-order valence-electron chi connectivity index (χ1n) is 11.6. The smallest absolute Gasteiger partial charge is 0.256 e. The Morgan fingerprint density at radius 3 is 1.85 bits per heavy atom. The average Bonchev–Trinajstić information content (AvgIpc) is 3.42. The lowest BCUT2D eigenvalue weighted by Crippen LogP contribution is -2.03. The number of anilines is 2. The molecule has 2 N–H and O–H groups in total. The van der Waals surface area contributed by atoms with Crippen LogP contribution >= 0.6 is 46.4 Å². The van der Waals surface area contributed by atoms with E-state index < -0.39 is 0 Å². The maximum atomic E-state index is 12.0. The van der Waals surface area contributed by atoms with Crippen molar-refractivity contribution >= 4 is 87.5 Å². The van der Waals surface area contributed by atoms with E-state index in [4.69, 9.17) is 46.4 Å². The third-order valence-electron chi connectivity index (χ3n) is 5.61. The Kier molecular flexibility index (Phi) is 10.9. The molecule has 0 radical (unpaired) electrons. The highest BCUT2D eigenvalue weighted by Gasteiger charge is 2.24.